The summed E-state index contributed by atoms with van der Waals surface area (Å²) in [4.78, 5) is 30.7. The lowest BCUT2D eigenvalue weighted by atomic mass is 9.65. The summed E-state index contributed by atoms with van der Waals surface area (Å²) < 4.78 is 0. The maximum atomic E-state index is 14.6. The lowest BCUT2D eigenvalue weighted by molar-refractivity contribution is -0.124. The van der Waals surface area contributed by atoms with Gasteiger partial charge in [-0.05, 0) is 68.5 Å². The van der Waals surface area contributed by atoms with Crippen molar-refractivity contribution < 1.29 is 9.59 Å². The Kier molecular flexibility index (Phi) is 4.63. The van der Waals surface area contributed by atoms with E-state index < -0.39 is 10.4 Å². The van der Waals surface area contributed by atoms with Gasteiger partial charge in [0, 0.05) is 22.2 Å². The number of carbonyl (C=O) groups is 2. The maximum absolute atomic E-state index is 14.6. The molecule has 5 heteroatoms. The molecule has 1 saturated heterocycles. The van der Waals surface area contributed by atoms with E-state index in [4.69, 9.17) is 0 Å². The summed E-state index contributed by atoms with van der Waals surface area (Å²) in [5.74, 6) is 0.258. The highest BCUT2D eigenvalue weighted by Crippen LogP contribution is 2.62. The van der Waals surface area contributed by atoms with Crippen LogP contribution in [0.2, 0.25) is 0 Å². The molecular weight excluding hydrogens is 452 g/mol. The molecule has 0 aliphatic carbocycles. The molecule has 6 rings (SSSR count). The highest BCUT2D eigenvalue weighted by molar-refractivity contribution is 8.02. The van der Waals surface area contributed by atoms with Gasteiger partial charge in [-0.2, -0.15) is 0 Å². The monoisotopic (exact) mass is 482 g/mol. The average molecular weight is 483 g/mol. The van der Waals surface area contributed by atoms with Crippen molar-refractivity contribution in [3.8, 4) is 0 Å². The number of carbonyl (C=O) groups excluding carboxylic acids is 2. The number of rotatable bonds is 2. The minimum atomic E-state index is -1.08. The number of fused-ring (bicyclic) bond motifs is 1. The quantitative estimate of drug-likeness (QED) is 0.445. The summed E-state index contributed by atoms with van der Waals surface area (Å²) in [6.07, 6.45) is 0.796. The fraction of sp³-hybridized carbons (Fsp3) is 0.333. The van der Waals surface area contributed by atoms with Crippen molar-refractivity contribution in [2.24, 2.45) is 0 Å². The van der Waals surface area contributed by atoms with Gasteiger partial charge in [0.1, 0.15) is 0 Å². The van der Waals surface area contributed by atoms with Crippen molar-refractivity contribution in [2.45, 2.75) is 56.9 Å². The Bertz CT molecular complexity index is 1400. The van der Waals surface area contributed by atoms with Crippen LogP contribution in [0.3, 0.4) is 0 Å². The molecule has 3 aliphatic heterocycles. The third-order valence-corrected chi connectivity index (χ3v) is 9.62. The van der Waals surface area contributed by atoms with Gasteiger partial charge in [0.05, 0.1) is 11.4 Å². The van der Waals surface area contributed by atoms with Crippen molar-refractivity contribution in [3.05, 3.63) is 94.5 Å². The molecule has 1 spiro atoms. The predicted molar refractivity (Wildman–Crippen MR) is 143 cm³/mol. The topological polar surface area (TPSA) is 40.6 Å². The summed E-state index contributed by atoms with van der Waals surface area (Å²) >= 11 is 1.46. The van der Waals surface area contributed by atoms with Gasteiger partial charge >= 0.3 is 0 Å². The number of aryl methyl sites for hydroxylation is 2. The molecule has 3 heterocycles. The number of para-hydroxylation sites is 1. The van der Waals surface area contributed by atoms with Crippen molar-refractivity contribution in [1.82, 2.24) is 0 Å². The second kappa shape index (κ2) is 7.23. The minimum Gasteiger partial charge on any atom is -0.303 e. The van der Waals surface area contributed by atoms with E-state index in [1.54, 1.807) is 4.90 Å². The van der Waals surface area contributed by atoms with Crippen LogP contribution in [0.5, 0.6) is 0 Å². The summed E-state index contributed by atoms with van der Waals surface area (Å²) in [5.41, 5.74) is 6.72. The number of nitrogens with zero attached hydrogens (tertiary/aromatic N) is 2. The first-order chi connectivity index (χ1) is 16.6. The average Bonchev–Trinajstić information content (AvgIpc) is 3.30. The van der Waals surface area contributed by atoms with Gasteiger partial charge in [-0.1, -0.05) is 61.5 Å². The highest BCUT2D eigenvalue weighted by Gasteiger charge is 2.65. The van der Waals surface area contributed by atoms with Crippen molar-refractivity contribution in [3.63, 3.8) is 0 Å². The lowest BCUT2D eigenvalue weighted by Crippen LogP contribution is -2.58. The Labute approximate surface area is 211 Å². The summed E-state index contributed by atoms with van der Waals surface area (Å²) in [6, 6.07) is 22.9. The van der Waals surface area contributed by atoms with Gasteiger partial charge in [0.2, 0.25) is 10.8 Å². The molecule has 3 aliphatic rings. The number of hydrogen-bond donors (Lipinski definition) is 0. The summed E-state index contributed by atoms with van der Waals surface area (Å²) in [6.45, 7) is 10.7. The molecule has 0 radical (unpaired) electrons. The molecule has 2 amide bonds. The molecule has 0 saturated carbocycles. The van der Waals surface area contributed by atoms with Crippen LogP contribution in [0.4, 0.5) is 11.4 Å². The number of amides is 2. The van der Waals surface area contributed by atoms with Gasteiger partial charge in [-0.15, -0.1) is 11.8 Å². The molecule has 0 bridgehead atoms. The van der Waals surface area contributed by atoms with Crippen molar-refractivity contribution >= 4 is 35.0 Å². The van der Waals surface area contributed by atoms with E-state index in [0.29, 0.717) is 0 Å². The molecule has 35 heavy (non-hydrogen) atoms. The van der Waals surface area contributed by atoms with Crippen LogP contribution in [0.25, 0.3) is 0 Å². The molecule has 3 aromatic rings. The zero-order chi connectivity index (χ0) is 24.8. The zero-order valence-electron chi connectivity index (χ0n) is 20.9. The second-order valence-electron chi connectivity index (χ2n) is 11.0. The van der Waals surface area contributed by atoms with Crippen LogP contribution in [-0.4, -0.2) is 23.1 Å². The van der Waals surface area contributed by atoms with Crippen LogP contribution in [0.15, 0.2) is 66.7 Å². The van der Waals surface area contributed by atoms with E-state index in [0.717, 1.165) is 34.5 Å². The van der Waals surface area contributed by atoms with E-state index in [9.17, 15) is 9.59 Å². The molecular formula is C30H30N2O2S. The molecule has 0 aromatic heterocycles. The lowest BCUT2D eigenvalue weighted by Gasteiger charge is -2.50. The first-order valence-corrected chi connectivity index (χ1v) is 13.2. The normalized spacial score (nSPS) is 26.5. The molecule has 178 valence electrons. The number of thioether (sulfide) groups is 1. The van der Waals surface area contributed by atoms with E-state index in [1.165, 1.54) is 22.9 Å². The Morgan fingerprint density at radius 3 is 2.23 bits per heavy atom. The number of hydrogen-bond acceptors (Lipinski definition) is 3. The Balaban J connectivity index is 1.63. The van der Waals surface area contributed by atoms with Crippen LogP contribution in [0.1, 0.15) is 55.0 Å². The highest BCUT2D eigenvalue weighted by atomic mass is 32.2. The fourth-order valence-corrected chi connectivity index (χ4v) is 7.90. The second-order valence-corrected chi connectivity index (χ2v) is 12.1. The largest absolute Gasteiger partial charge is 0.303 e. The SMILES string of the molecule is Cc1ccc(N2C(=O)CSC23C(=O)N2c4c(cccc43)C(C)(c3ccccc3)CC2(C)C)cc1C. The molecule has 1 fully saturated rings. The predicted octanol–water partition coefficient (Wildman–Crippen LogP) is 6.07. The third-order valence-electron chi connectivity index (χ3n) is 8.23. The minimum absolute atomic E-state index is 0.00543. The van der Waals surface area contributed by atoms with E-state index >= 15 is 0 Å². The molecule has 2 atom stereocenters. The van der Waals surface area contributed by atoms with Crippen LogP contribution in [-0.2, 0) is 19.9 Å². The smallest absolute Gasteiger partial charge is 0.269 e. The van der Waals surface area contributed by atoms with Crippen molar-refractivity contribution in [2.75, 3.05) is 15.6 Å². The molecule has 4 nitrogen and oxygen atoms in total. The van der Waals surface area contributed by atoms with Gasteiger partial charge in [0.25, 0.3) is 5.91 Å². The summed E-state index contributed by atoms with van der Waals surface area (Å²) in [5, 5.41) is 0. The van der Waals surface area contributed by atoms with Gasteiger partial charge in [-0.25, -0.2) is 0 Å². The Morgan fingerprint density at radius 1 is 0.800 bits per heavy atom. The van der Waals surface area contributed by atoms with Gasteiger partial charge in [-0.3, -0.25) is 14.5 Å². The van der Waals surface area contributed by atoms with Crippen LogP contribution in [0, 0.1) is 13.8 Å². The summed E-state index contributed by atoms with van der Waals surface area (Å²) in [7, 11) is 0. The van der Waals surface area contributed by atoms with Gasteiger partial charge < -0.3 is 4.90 Å². The Hall–Kier alpha value is -3.05. The van der Waals surface area contributed by atoms with Crippen LogP contribution < -0.4 is 9.80 Å². The Morgan fingerprint density at radius 2 is 1.51 bits per heavy atom. The van der Waals surface area contributed by atoms with E-state index in [1.807, 2.05) is 29.2 Å². The van der Waals surface area contributed by atoms with E-state index in [-0.39, 0.29) is 23.0 Å². The van der Waals surface area contributed by atoms with Gasteiger partial charge in [0.15, 0.2) is 0 Å². The van der Waals surface area contributed by atoms with Crippen molar-refractivity contribution in [1.29, 1.82) is 0 Å². The maximum Gasteiger partial charge on any atom is 0.269 e. The fourth-order valence-electron chi connectivity index (χ4n) is 6.57. The molecule has 2 unspecified atom stereocenters. The number of benzene rings is 3. The zero-order valence-corrected chi connectivity index (χ0v) is 21.7. The third kappa shape index (κ3) is 2.82. The number of anilines is 2. The first-order valence-electron chi connectivity index (χ1n) is 12.2. The van der Waals surface area contributed by atoms with Crippen LogP contribution >= 0.6 is 11.8 Å². The molecule has 0 N–H and O–H groups in total. The molecule has 3 aromatic carbocycles. The van der Waals surface area contributed by atoms with E-state index in [2.05, 4.69) is 77.1 Å². The first kappa shape index (κ1) is 22.4. The standard InChI is InChI=1S/C30H30N2O2S/c1-19-14-15-22(16-20(19)2)31-25(33)17-35-30(31)24-13-9-12-23-26(24)32(27(30)34)28(3,4)18-29(23,5)21-10-7-6-8-11-21/h6-16H,17-18H2,1-5H3.